The van der Waals surface area contributed by atoms with Crippen molar-refractivity contribution < 1.29 is 4.79 Å². The second-order valence-corrected chi connectivity index (χ2v) is 7.77. The molecule has 0 saturated heterocycles. The molecule has 0 unspecified atom stereocenters. The van der Waals surface area contributed by atoms with Gasteiger partial charge in [0.2, 0.25) is 11.0 Å². The Morgan fingerprint density at radius 3 is 2.67 bits per heavy atom. The molecular weight excluding hydrogens is 398 g/mol. The zero-order chi connectivity index (χ0) is 20.8. The Labute approximate surface area is 178 Å². The summed E-state index contributed by atoms with van der Waals surface area (Å²) in [5, 5.41) is 15.7. The predicted molar refractivity (Wildman–Crippen MR) is 116 cm³/mol. The molecule has 0 radical (unpaired) electrons. The summed E-state index contributed by atoms with van der Waals surface area (Å²) < 4.78 is 1.88. The highest BCUT2D eigenvalue weighted by molar-refractivity contribution is 7.18. The number of anilines is 1. The van der Waals surface area contributed by atoms with Crippen LogP contribution in [-0.4, -0.2) is 36.7 Å². The fraction of sp³-hybridized carbons (Fsp3) is 0.190. The first-order valence-corrected chi connectivity index (χ1v) is 10.3. The first-order valence-electron chi connectivity index (χ1n) is 9.46. The van der Waals surface area contributed by atoms with Gasteiger partial charge in [-0.3, -0.25) is 20.4 Å². The van der Waals surface area contributed by atoms with Gasteiger partial charge < -0.3 is 4.57 Å². The van der Waals surface area contributed by atoms with Crippen molar-refractivity contribution in [3.05, 3.63) is 78.6 Å². The number of carbonyl (C=O) groups excluding carboxylic acids is 1. The molecule has 9 heteroatoms. The van der Waals surface area contributed by atoms with Gasteiger partial charge in [0.15, 0.2) is 0 Å². The summed E-state index contributed by atoms with van der Waals surface area (Å²) in [7, 11) is 1.92. The second-order valence-electron chi connectivity index (χ2n) is 6.79. The van der Waals surface area contributed by atoms with E-state index >= 15 is 0 Å². The monoisotopic (exact) mass is 419 g/mol. The van der Waals surface area contributed by atoms with Gasteiger partial charge in [-0.05, 0) is 24.1 Å². The van der Waals surface area contributed by atoms with Gasteiger partial charge in [0.1, 0.15) is 5.01 Å². The molecule has 1 atom stereocenters. The third kappa shape index (κ3) is 5.13. The van der Waals surface area contributed by atoms with Gasteiger partial charge in [-0.2, -0.15) is 0 Å². The lowest BCUT2D eigenvalue weighted by Gasteiger charge is -2.17. The normalized spacial score (nSPS) is 11.9. The molecule has 4 rings (SSSR count). The summed E-state index contributed by atoms with van der Waals surface area (Å²) in [5.74, 6) is -0.160. The van der Waals surface area contributed by atoms with E-state index in [1.807, 2.05) is 60.3 Å². The Hall–Kier alpha value is -3.43. The van der Waals surface area contributed by atoms with E-state index in [1.54, 1.807) is 18.7 Å². The van der Waals surface area contributed by atoms with E-state index in [0.29, 0.717) is 18.1 Å². The lowest BCUT2D eigenvalue weighted by Crippen LogP contribution is -2.41. The molecule has 152 valence electrons. The summed E-state index contributed by atoms with van der Waals surface area (Å²) in [6.45, 7) is 0.490. The van der Waals surface area contributed by atoms with Crippen LogP contribution >= 0.6 is 11.3 Å². The third-order valence-electron chi connectivity index (χ3n) is 4.47. The maximum atomic E-state index is 13.0. The largest absolute Gasteiger partial charge is 0.340 e. The molecule has 0 aliphatic rings. The van der Waals surface area contributed by atoms with Crippen LogP contribution in [0.3, 0.4) is 0 Å². The molecule has 0 aliphatic heterocycles. The Bertz CT molecular complexity index is 1090. The molecule has 4 aromatic rings. The predicted octanol–water partition coefficient (Wildman–Crippen LogP) is 2.67. The van der Waals surface area contributed by atoms with Crippen LogP contribution in [0.5, 0.6) is 0 Å². The van der Waals surface area contributed by atoms with Crippen LogP contribution in [0.15, 0.2) is 67.4 Å². The zero-order valence-electron chi connectivity index (χ0n) is 16.4. The fourth-order valence-corrected chi connectivity index (χ4v) is 3.72. The zero-order valence-corrected chi connectivity index (χ0v) is 17.2. The second kappa shape index (κ2) is 9.38. The molecule has 3 heterocycles. The maximum absolute atomic E-state index is 13.0. The van der Waals surface area contributed by atoms with Gasteiger partial charge in [-0.15, -0.1) is 10.2 Å². The van der Waals surface area contributed by atoms with Crippen LogP contribution < -0.4 is 10.6 Å². The SMILES string of the molecule is Cn1cnc(CN[C@@H](Cc2ccccc2)C(=O)Nc2nnc(-c3ccncc3)s2)c1. The highest BCUT2D eigenvalue weighted by Crippen LogP contribution is 2.25. The van der Waals surface area contributed by atoms with Gasteiger partial charge >= 0.3 is 0 Å². The van der Waals surface area contributed by atoms with Crippen LogP contribution in [0, 0.1) is 0 Å². The lowest BCUT2D eigenvalue weighted by molar-refractivity contribution is -0.118. The van der Waals surface area contributed by atoms with Crippen LogP contribution in [0.1, 0.15) is 11.3 Å². The van der Waals surface area contributed by atoms with Crippen molar-refractivity contribution in [3.63, 3.8) is 0 Å². The van der Waals surface area contributed by atoms with Crippen LogP contribution in [-0.2, 0) is 24.8 Å². The number of rotatable bonds is 8. The number of pyridine rings is 1. The Morgan fingerprint density at radius 2 is 1.93 bits per heavy atom. The fourth-order valence-electron chi connectivity index (χ4n) is 2.97. The van der Waals surface area contributed by atoms with E-state index in [0.717, 1.165) is 21.8 Å². The highest BCUT2D eigenvalue weighted by Gasteiger charge is 2.21. The molecule has 0 aliphatic carbocycles. The van der Waals surface area contributed by atoms with E-state index in [-0.39, 0.29) is 5.91 Å². The molecule has 3 aromatic heterocycles. The standard InChI is InChI=1S/C21H21N7OS/c1-28-13-17(24-14-28)12-23-18(11-15-5-3-2-4-6-15)19(29)25-21-27-26-20(30-21)16-7-9-22-10-8-16/h2-10,13-14,18,23H,11-12H2,1H3,(H,25,27,29)/t18-/m0/s1. The summed E-state index contributed by atoms with van der Waals surface area (Å²) in [6.07, 6.45) is 7.62. The summed E-state index contributed by atoms with van der Waals surface area (Å²) in [4.78, 5) is 21.3. The van der Waals surface area contributed by atoms with Crippen molar-refractivity contribution in [1.29, 1.82) is 0 Å². The first kappa shape index (κ1) is 19.9. The Balaban J connectivity index is 1.46. The van der Waals surface area contributed by atoms with E-state index in [1.165, 1.54) is 11.3 Å². The summed E-state index contributed by atoms with van der Waals surface area (Å²) in [6, 6.07) is 13.2. The van der Waals surface area contributed by atoms with Crippen LogP contribution in [0.25, 0.3) is 10.6 Å². The third-order valence-corrected chi connectivity index (χ3v) is 5.36. The average Bonchev–Trinajstić information content (AvgIpc) is 3.41. The molecule has 1 aromatic carbocycles. The topological polar surface area (TPSA) is 97.6 Å². The van der Waals surface area contributed by atoms with Crippen molar-refractivity contribution in [1.82, 2.24) is 30.0 Å². The molecule has 0 fully saturated rings. The smallest absolute Gasteiger partial charge is 0.243 e. The molecule has 0 spiro atoms. The van der Waals surface area contributed by atoms with Gasteiger partial charge in [-0.25, -0.2) is 4.98 Å². The molecular formula is C21H21N7OS. The first-order chi connectivity index (χ1) is 14.7. The van der Waals surface area contributed by atoms with E-state index in [4.69, 9.17) is 0 Å². The van der Waals surface area contributed by atoms with Crippen molar-refractivity contribution in [2.45, 2.75) is 19.0 Å². The van der Waals surface area contributed by atoms with Crippen molar-refractivity contribution in [2.75, 3.05) is 5.32 Å². The van der Waals surface area contributed by atoms with Crippen LogP contribution in [0.4, 0.5) is 5.13 Å². The molecule has 1 amide bonds. The van der Waals surface area contributed by atoms with Crippen molar-refractivity contribution in [3.8, 4) is 10.6 Å². The van der Waals surface area contributed by atoms with Gasteiger partial charge in [0.25, 0.3) is 0 Å². The van der Waals surface area contributed by atoms with Gasteiger partial charge in [-0.1, -0.05) is 41.7 Å². The number of nitrogens with one attached hydrogen (secondary N) is 2. The molecule has 2 N–H and O–H groups in total. The quantitative estimate of drug-likeness (QED) is 0.456. The minimum atomic E-state index is -0.442. The van der Waals surface area contributed by atoms with Crippen LogP contribution in [0.2, 0.25) is 0 Å². The average molecular weight is 420 g/mol. The minimum absolute atomic E-state index is 0.160. The number of aromatic nitrogens is 5. The number of benzene rings is 1. The maximum Gasteiger partial charge on any atom is 0.243 e. The number of hydrogen-bond acceptors (Lipinski definition) is 7. The lowest BCUT2D eigenvalue weighted by atomic mass is 10.1. The van der Waals surface area contributed by atoms with E-state index in [9.17, 15) is 4.79 Å². The van der Waals surface area contributed by atoms with E-state index < -0.39 is 6.04 Å². The summed E-state index contributed by atoms with van der Waals surface area (Å²) in [5.41, 5.74) is 2.86. The number of nitrogens with zero attached hydrogens (tertiary/aromatic N) is 5. The number of carbonyl (C=O) groups is 1. The molecule has 30 heavy (non-hydrogen) atoms. The molecule has 0 saturated carbocycles. The summed E-state index contributed by atoms with van der Waals surface area (Å²) >= 11 is 1.33. The number of amides is 1. The van der Waals surface area contributed by atoms with Crippen molar-refractivity contribution >= 4 is 22.4 Å². The molecule has 8 nitrogen and oxygen atoms in total. The number of imidazole rings is 1. The minimum Gasteiger partial charge on any atom is -0.340 e. The Kier molecular flexibility index (Phi) is 6.21. The number of aryl methyl sites for hydroxylation is 1. The van der Waals surface area contributed by atoms with Gasteiger partial charge in [0, 0.05) is 37.7 Å². The molecule has 0 bridgehead atoms. The number of hydrogen-bond donors (Lipinski definition) is 2. The van der Waals surface area contributed by atoms with Crippen molar-refractivity contribution in [2.24, 2.45) is 7.05 Å². The van der Waals surface area contributed by atoms with Gasteiger partial charge in [0.05, 0.1) is 18.1 Å². The highest BCUT2D eigenvalue weighted by atomic mass is 32.1. The van der Waals surface area contributed by atoms with E-state index in [2.05, 4.69) is 30.8 Å². The Morgan fingerprint density at radius 1 is 1.13 bits per heavy atom.